The van der Waals surface area contributed by atoms with E-state index in [1.54, 1.807) is 12.1 Å². The van der Waals surface area contributed by atoms with E-state index in [4.69, 9.17) is 28.4 Å². The number of rotatable bonds is 6. The molecule has 10 rings (SSSR count). The molecule has 0 saturated carbocycles. The molecule has 2 saturated heterocycles. The third-order valence-corrected chi connectivity index (χ3v) is 14.3. The first-order valence-electron chi connectivity index (χ1n) is 19.5. The number of nitrogens with one attached hydrogen (secondary N) is 1. The summed E-state index contributed by atoms with van der Waals surface area (Å²) in [6.45, 7) is 5.46. The van der Waals surface area contributed by atoms with Crippen molar-refractivity contribution in [1.29, 1.82) is 5.26 Å². The molecule has 306 valence electrons. The van der Waals surface area contributed by atoms with Gasteiger partial charge < -0.3 is 49.1 Å². The van der Waals surface area contributed by atoms with Crippen LogP contribution in [0.2, 0.25) is 0 Å². The van der Waals surface area contributed by atoms with Gasteiger partial charge in [-0.2, -0.15) is 5.26 Å². The molecule has 4 N–H and O–H groups in total. The van der Waals surface area contributed by atoms with Crippen molar-refractivity contribution in [1.82, 2.24) is 15.1 Å². The molecule has 7 aliphatic rings. The molecule has 0 radical (unpaired) electrons. The van der Waals surface area contributed by atoms with Gasteiger partial charge in [0.25, 0.3) is 0 Å². The van der Waals surface area contributed by atoms with Crippen LogP contribution in [0, 0.1) is 25.2 Å². The topological polar surface area (TPSA) is 193 Å². The highest BCUT2D eigenvalue weighted by molar-refractivity contribution is 7.99. The Morgan fingerprint density at radius 2 is 1.86 bits per heavy atom. The van der Waals surface area contributed by atoms with Crippen molar-refractivity contribution in [2.45, 2.75) is 81.0 Å². The first kappa shape index (κ1) is 38.6. The highest BCUT2D eigenvalue weighted by atomic mass is 32.2. The van der Waals surface area contributed by atoms with Gasteiger partial charge in [0.05, 0.1) is 37.6 Å². The van der Waals surface area contributed by atoms with E-state index in [0.717, 1.165) is 16.7 Å². The molecule has 16 heteroatoms. The number of fused-ring (bicyclic) bond motifs is 9. The number of thioether (sulfide) groups is 1. The molecule has 3 aromatic carbocycles. The van der Waals surface area contributed by atoms with Crippen LogP contribution in [0.25, 0.3) is 0 Å². The fourth-order valence-electron chi connectivity index (χ4n) is 10.5. The number of aryl methyl sites for hydroxylation is 1. The molecule has 58 heavy (non-hydrogen) atoms. The Hall–Kier alpha value is -4.92. The predicted molar refractivity (Wildman–Crippen MR) is 209 cm³/mol. The minimum Gasteiger partial charge on any atom is -0.504 e. The van der Waals surface area contributed by atoms with Crippen LogP contribution in [0.1, 0.15) is 75.2 Å². The molecule has 0 amide bonds. The summed E-state index contributed by atoms with van der Waals surface area (Å²) < 4.78 is 36.3. The Morgan fingerprint density at radius 3 is 2.59 bits per heavy atom. The van der Waals surface area contributed by atoms with E-state index in [0.29, 0.717) is 83.2 Å². The van der Waals surface area contributed by atoms with Crippen molar-refractivity contribution in [3.05, 3.63) is 62.7 Å². The standard InChI is InChI=1S/C42H46N4O11S/c1-19-11-23-12-25-26(15-43)46-27-16-54-41(51)42(24-14-29(52-4)28(49)13-22(24)7-9-45(42)8-6-10-47)17-58-40(34(46)33(44-25)30(23)35(50)36(19)53-5)32-31(27)39-38(55-18-56-39)20(2)37(32)57-21(3)48/h11,13-14,25-27,33-34,40,44,47,49-50H,6-10,12,16-18H2,1-5H3/t25-,26-,27-,33+,34+,40+,42+/m0/s1. The smallest absolute Gasteiger partial charge is 0.332 e. The number of aliphatic hydroxyl groups excluding tert-OH is 1. The molecule has 1 spiro atoms. The molecule has 7 aliphatic heterocycles. The number of phenols is 2. The van der Waals surface area contributed by atoms with Crippen LogP contribution in [0.5, 0.6) is 40.2 Å². The van der Waals surface area contributed by atoms with Gasteiger partial charge >= 0.3 is 11.9 Å². The first-order chi connectivity index (χ1) is 28.0. The number of phenolic OH excluding ortho intramolecular Hbond substituents is 2. The van der Waals surface area contributed by atoms with Crippen LogP contribution in [-0.2, 0) is 32.7 Å². The Bertz CT molecular complexity index is 2280. The van der Waals surface area contributed by atoms with E-state index in [-0.39, 0.29) is 49.0 Å². The van der Waals surface area contributed by atoms with Crippen molar-refractivity contribution in [3.8, 4) is 46.3 Å². The lowest BCUT2D eigenvalue weighted by molar-refractivity contribution is -0.163. The summed E-state index contributed by atoms with van der Waals surface area (Å²) in [5.41, 5.74) is 4.13. The molecule has 3 aromatic rings. The molecule has 0 aromatic heterocycles. The first-order valence-corrected chi connectivity index (χ1v) is 20.6. The summed E-state index contributed by atoms with van der Waals surface area (Å²) in [5, 5.41) is 47.2. The lowest BCUT2D eigenvalue weighted by Crippen LogP contribution is -2.69. The van der Waals surface area contributed by atoms with E-state index in [9.17, 15) is 25.4 Å². The fourth-order valence-corrected chi connectivity index (χ4v) is 12.3. The second kappa shape index (κ2) is 14.4. The van der Waals surface area contributed by atoms with Crippen molar-refractivity contribution >= 4 is 23.7 Å². The molecule has 7 atom stereocenters. The van der Waals surface area contributed by atoms with Crippen molar-refractivity contribution in [2.24, 2.45) is 0 Å². The maximum absolute atomic E-state index is 15.2. The largest absolute Gasteiger partial charge is 0.504 e. The summed E-state index contributed by atoms with van der Waals surface area (Å²) in [7, 11) is 2.98. The average Bonchev–Trinajstić information content (AvgIpc) is 3.70. The van der Waals surface area contributed by atoms with Gasteiger partial charge in [0, 0.05) is 66.7 Å². The quantitative estimate of drug-likeness (QED) is 0.208. The van der Waals surface area contributed by atoms with Gasteiger partial charge in [-0.25, -0.2) is 4.79 Å². The maximum Gasteiger partial charge on any atom is 0.332 e. The number of nitrogens with zero attached hydrogens (tertiary/aromatic N) is 3. The van der Waals surface area contributed by atoms with E-state index in [2.05, 4.69) is 16.3 Å². The van der Waals surface area contributed by atoms with Gasteiger partial charge in [-0.05, 0) is 67.5 Å². The summed E-state index contributed by atoms with van der Waals surface area (Å²) >= 11 is 1.46. The fraction of sp³-hybridized carbons (Fsp3) is 0.500. The van der Waals surface area contributed by atoms with Crippen molar-refractivity contribution in [3.63, 3.8) is 0 Å². The van der Waals surface area contributed by atoms with Crippen LogP contribution in [0.15, 0.2) is 18.2 Å². The molecule has 0 aliphatic carbocycles. The van der Waals surface area contributed by atoms with E-state index >= 15 is 4.79 Å². The summed E-state index contributed by atoms with van der Waals surface area (Å²) in [6.07, 6.45) is 1.36. The van der Waals surface area contributed by atoms with Crippen LogP contribution >= 0.6 is 11.8 Å². The zero-order valence-electron chi connectivity index (χ0n) is 32.9. The third kappa shape index (κ3) is 5.47. The number of ether oxygens (including phenoxy) is 6. The van der Waals surface area contributed by atoms with E-state index in [1.165, 1.54) is 32.9 Å². The van der Waals surface area contributed by atoms with Crippen molar-refractivity contribution < 1.29 is 53.3 Å². The number of piperazine rings is 1. The number of carbonyl (C=O) groups is 2. The summed E-state index contributed by atoms with van der Waals surface area (Å²) in [6, 6.07) is 4.91. The SMILES string of the molecule is COc1cc2c(cc1O)CCN(CCCO)[C@]21CS[C@@H]2c3c(OC(C)=O)c(C)c4c(c3[C@H](COC1=O)N1[C@@H]2[C@@H]2N[C@@H](Cc3cc(C)c(OC)c(O)c32)[C@@H]1C#N)OCO4. The molecular weight excluding hydrogens is 769 g/mol. The number of benzene rings is 3. The van der Waals surface area contributed by atoms with Gasteiger partial charge in [0.2, 0.25) is 6.79 Å². The van der Waals surface area contributed by atoms with E-state index < -0.39 is 46.9 Å². The zero-order chi connectivity index (χ0) is 40.8. The molecule has 4 bridgehead atoms. The Balaban J connectivity index is 1.33. The van der Waals surface area contributed by atoms with Gasteiger partial charge in [-0.1, -0.05) is 6.07 Å². The monoisotopic (exact) mass is 814 g/mol. The number of esters is 2. The Labute approximate surface area is 339 Å². The maximum atomic E-state index is 15.2. The normalized spacial score (nSPS) is 28.1. The predicted octanol–water partition coefficient (Wildman–Crippen LogP) is 3.74. The van der Waals surface area contributed by atoms with Crippen molar-refractivity contribution in [2.75, 3.05) is 53.1 Å². The summed E-state index contributed by atoms with van der Waals surface area (Å²) in [5.74, 6) is 0.725. The number of hydrogen-bond donors (Lipinski definition) is 4. The molecular formula is C42H46N4O11S. The van der Waals surface area contributed by atoms with Crippen LogP contribution < -0.4 is 29.0 Å². The summed E-state index contributed by atoms with van der Waals surface area (Å²) in [4.78, 5) is 32.4. The third-order valence-electron chi connectivity index (χ3n) is 12.9. The molecule has 7 heterocycles. The number of hydrogen-bond acceptors (Lipinski definition) is 16. The Kier molecular flexibility index (Phi) is 9.59. The number of methoxy groups -OCH3 is 2. The lowest BCUT2D eigenvalue weighted by atomic mass is 9.72. The number of carbonyl (C=O) groups excluding carboxylic acids is 2. The minimum atomic E-state index is -1.42. The molecule has 15 nitrogen and oxygen atoms in total. The second-order valence-electron chi connectivity index (χ2n) is 15.8. The zero-order valence-corrected chi connectivity index (χ0v) is 33.7. The van der Waals surface area contributed by atoms with Crippen LogP contribution in [0.4, 0.5) is 0 Å². The van der Waals surface area contributed by atoms with Crippen LogP contribution in [-0.4, -0.2) is 108 Å². The highest BCUT2D eigenvalue weighted by Crippen LogP contribution is 2.63. The number of aromatic hydroxyl groups is 2. The highest BCUT2D eigenvalue weighted by Gasteiger charge is 2.61. The number of aliphatic hydroxyl groups is 1. The minimum absolute atomic E-state index is 0.00950. The van der Waals surface area contributed by atoms with E-state index in [1.807, 2.05) is 24.8 Å². The second-order valence-corrected chi connectivity index (χ2v) is 16.9. The van der Waals surface area contributed by atoms with Gasteiger partial charge in [-0.15, -0.1) is 11.8 Å². The molecule has 0 unspecified atom stereocenters. The molecule has 2 fully saturated rings. The van der Waals surface area contributed by atoms with Gasteiger partial charge in [0.1, 0.15) is 18.4 Å². The number of nitriles is 1. The Morgan fingerprint density at radius 1 is 1.07 bits per heavy atom. The van der Waals surface area contributed by atoms with Crippen LogP contribution in [0.3, 0.4) is 0 Å². The lowest BCUT2D eigenvalue weighted by Gasteiger charge is -2.59. The van der Waals surface area contributed by atoms with Gasteiger partial charge in [0.15, 0.2) is 40.0 Å². The average molecular weight is 815 g/mol. The van der Waals surface area contributed by atoms with Gasteiger partial charge in [-0.3, -0.25) is 14.6 Å².